The van der Waals surface area contributed by atoms with Crippen LogP contribution in [0, 0.1) is 11.6 Å². The fraction of sp³-hybridized carbons (Fsp3) is 0.167. The lowest BCUT2D eigenvalue weighted by Crippen LogP contribution is -2.15. The molecule has 2 heterocycles. The Morgan fingerprint density at radius 3 is 2.75 bits per heavy atom. The van der Waals surface area contributed by atoms with Crippen LogP contribution in [-0.2, 0) is 17.9 Å². The number of Topliss-reactive ketones (excluding diaryl/α,β-unsaturated/α-hetero) is 1. The van der Waals surface area contributed by atoms with Crippen molar-refractivity contribution in [3.63, 3.8) is 0 Å². The van der Waals surface area contributed by atoms with Crippen molar-refractivity contribution in [3.05, 3.63) is 70.3 Å². The number of halogens is 3. The normalized spacial score (nSPS) is 10.7. The summed E-state index contributed by atoms with van der Waals surface area (Å²) in [5.41, 5.74) is -0.452. The van der Waals surface area contributed by atoms with Crippen LogP contribution in [0.2, 0.25) is 5.02 Å². The minimum absolute atomic E-state index is 0.162. The summed E-state index contributed by atoms with van der Waals surface area (Å²) in [4.78, 5) is 23.1. The number of nitrogens with one attached hydrogen (secondary N) is 1. The van der Waals surface area contributed by atoms with Crippen LogP contribution < -0.4 is 5.32 Å². The fourth-order valence-electron chi connectivity index (χ4n) is 2.31. The number of carbonyl (C=O) groups is 2. The third-order valence-corrected chi connectivity index (χ3v) is 3.98. The number of nitrogens with zero attached hydrogens (tertiary/aromatic N) is 2. The molecule has 0 aliphatic rings. The molecule has 3 aromatic rings. The van der Waals surface area contributed by atoms with Crippen molar-refractivity contribution in [2.75, 3.05) is 5.32 Å². The number of benzene rings is 1. The predicted octanol–water partition coefficient (Wildman–Crippen LogP) is 4.41. The molecule has 10 heteroatoms. The summed E-state index contributed by atoms with van der Waals surface area (Å²) in [6.45, 7) is 0.999. The van der Waals surface area contributed by atoms with Crippen molar-refractivity contribution in [1.29, 1.82) is 0 Å². The Morgan fingerprint density at radius 1 is 1.25 bits per heavy atom. The molecule has 3 rings (SSSR count). The number of ether oxygens (including phenoxy) is 1. The van der Waals surface area contributed by atoms with E-state index in [4.69, 9.17) is 20.8 Å². The Balaban J connectivity index is 1.56. The summed E-state index contributed by atoms with van der Waals surface area (Å²) < 4.78 is 39.0. The lowest BCUT2D eigenvalue weighted by atomic mass is 10.2. The second kappa shape index (κ2) is 8.22. The Kier molecular flexibility index (Phi) is 5.74. The molecule has 1 N–H and O–H groups in total. The SMILES string of the molecule is CC(=O)c1ccc(Cn2ccc(NC(=O)OCc3c(F)ccc(Cl)c3F)n2)o1. The minimum atomic E-state index is -0.984. The van der Waals surface area contributed by atoms with Gasteiger partial charge in [-0.1, -0.05) is 11.6 Å². The number of amides is 1. The van der Waals surface area contributed by atoms with E-state index in [0.717, 1.165) is 12.1 Å². The smallest absolute Gasteiger partial charge is 0.413 e. The monoisotopic (exact) mass is 409 g/mol. The first-order chi connectivity index (χ1) is 13.3. The number of hydrogen-bond donors (Lipinski definition) is 1. The molecule has 0 aliphatic heterocycles. The molecule has 0 aliphatic carbocycles. The first-order valence-corrected chi connectivity index (χ1v) is 8.40. The maximum absolute atomic E-state index is 13.8. The highest BCUT2D eigenvalue weighted by Crippen LogP contribution is 2.22. The van der Waals surface area contributed by atoms with Crippen LogP contribution in [0.5, 0.6) is 0 Å². The molecule has 1 aromatic carbocycles. The van der Waals surface area contributed by atoms with Crippen LogP contribution in [0.3, 0.4) is 0 Å². The molecule has 0 saturated carbocycles. The van der Waals surface area contributed by atoms with Gasteiger partial charge in [-0.2, -0.15) is 5.10 Å². The minimum Gasteiger partial charge on any atom is -0.456 e. The standard InChI is InChI=1S/C18H14ClF2N3O4/c1-10(25)15-5-2-11(28-15)8-24-7-6-16(23-24)22-18(26)27-9-12-14(20)4-3-13(19)17(12)21/h2-7H,8-9H2,1H3,(H,22,23,26). The van der Waals surface area contributed by atoms with Crippen molar-refractivity contribution in [2.24, 2.45) is 0 Å². The van der Waals surface area contributed by atoms with Crippen molar-refractivity contribution in [1.82, 2.24) is 9.78 Å². The van der Waals surface area contributed by atoms with Gasteiger partial charge in [0.2, 0.25) is 0 Å². The largest absolute Gasteiger partial charge is 0.456 e. The first kappa shape index (κ1) is 19.6. The van der Waals surface area contributed by atoms with Crippen molar-refractivity contribution < 1.29 is 27.5 Å². The molecule has 0 spiro atoms. The van der Waals surface area contributed by atoms with Crippen molar-refractivity contribution in [3.8, 4) is 0 Å². The lowest BCUT2D eigenvalue weighted by molar-refractivity contribution is 0.0985. The van der Waals surface area contributed by atoms with E-state index < -0.39 is 29.9 Å². The van der Waals surface area contributed by atoms with Crippen LogP contribution in [0.4, 0.5) is 19.4 Å². The highest BCUT2D eigenvalue weighted by Gasteiger charge is 2.15. The van der Waals surface area contributed by atoms with E-state index >= 15 is 0 Å². The van der Waals surface area contributed by atoms with Crippen LogP contribution in [0.25, 0.3) is 0 Å². The molecular formula is C18H14ClF2N3O4. The van der Waals surface area contributed by atoms with E-state index in [1.54, 1.807) is 18.3 Å². The summed E-state index contributed by atoms with van der Waals surface area (Å²) in [7, 11) is 0. The molecule has 0 radical (unpaired) electrons. The van der Waals surface area contributed by atoms with Gasteiger partial charge in [-0.3, -0.25) is 14.8 Å². The molecule has 0 atom stereocenters. The van der Waals surface area contributed by atoms with Crippen LogP contribution >= 0.6 is 11.6 Å². The Hall–Kier alpha value is -3.20. The molecule has 28 heavy (non-hydrogen) atoms. The summed E-state index contributed by atoms with van der Waals surface area (Å²) in [6, 6.07) is 6.76. The third kappa shape index (κ3) is 4.55. The van der Waals surface area contributed by atoms with Gasteiger partial charge in [0.05, 0.1) is 17.1 Å². The van der Waals surface area contributed by atoms with Crippen LogP contribution in [0.1, 0.15) is 28.8 Å². The number of aromatic nitrogens is 2. The summed E-state index contributed by atoms with van der Waals surface area (Å²) in [5.74, 6) is -1.14. The molecule has 0 saturated heterocycles. The van der Waals surface area contributed by atoms with Crippen molar-refractivity contribution >= 4 is 29.3 Å². The topological polar surface area (TPSA) is 86.4 Å². The molecule has 1 amide bonds. The van der Waals surface area contributed by atoms with Crippen molar-refractivity contribution in [2.45, 2.75) is 20.1 Å². The van der Waals surface area contributed by atoms with E-state index in [2.05, 4.69) is 10.4 Å². The van der Waals surface area contributed by atoms with Gasteiger partial charge in [-0.05, 0) is 24.3 Å². The number of anilines is 1. The maximum Gasteiger partial charge on any atom is 0.413 e. The van der Waals surface area contributed by atoms with Gasteiger partial charge in [0.15, 0.2) is 23.2 Å². The second-order valence-corrected chi connectivity index (χ2v) is 6.15. The quantitative estimate of drug-likeness (QED) is 0.481. The van der Waals surface area contributed by atoms with Crippen LogP contribution in [-0.4, -0.2) is 21.7 Å². The van der Waals surface area contributed by atoms with E-state index in [1.807, 2.05) is 0 Å². The Labute approximate surface area is 162 Å². The molecule has 0 unspecified atom stereocenters. The second-order valence-electron chi connectivity index (χ2n) is 5.74. The molecule has 2 aromatic heterocycles. The van der Waals surface area contributed by atoms with E-state index in [-0.39, 0.29) is 28.9 Å². The van der Waals surface area contributed by atoms with E-state index in [9.17, 15) is 18.4 Å². The summed E-state index contributed by atoms with van der Waals surface area (Å²) in [5, 5.41) is 6.16. The Morgan fingerprint density at radius 2 is 2.04 bits per heavy atom. The molecule has 0 bridgehead atoms. The van der Waals surface area contributed by atoms with Gasteiger partial charge in [-0.15, -0.1) is 0 Å². The van der Waals surface area contributed by atoms with Gasteiger partial charge in [0, 0.05) is 19.2 Å². The van der Waals surface area contributed by atoms with Gasteiger partial charge >= 0.3 is 6.09 Å². The number of furan rings is 1. The summed E-state index contributed by atoms with van der Waals surface area (Å²) in [6.07, 6.45) is 0.628. The predicted molar refractivity (Wildman–Crippen MR) is 95.2 cm³/mol. The van der Waals surface area contributed by atoms with E-state index in [1.165, 1.54) is 17.7 Å². The lowest BCUT2D eigenvalue weighted by Gasteiger charge is -2.08. The first-order valence-electron chi connectivity index (χ1n) is 8.02. The third-order valence-electron chi connectivity index (χ3n) is 3.68. The maximum atomic E-state index is 13.8. The van der Waals surface area contributed by atoms with Gasteiger partial charge < -0.3 is 9.15 Å². The average molecular weight is 410 g/mol. The molecular weight excluding hydrogens is 396 g/mol. The molecule has 7 nitrogen and oxygen atoms in total. The fourth-order valence-corrected chi connectivity index (χ4v) is 2.48. The van der Waals surface area contributed by atoms with Gasteiger partial charge in [0.1, 0.15) is 18.2 Å². The average Bonchev–Trinajstić information content (AvgIpc) is 3.28. The van der Waals surface area contributed by atoms with Crippen LogP contribution in [0.15, 0.2) is 40.9 Å². The number of carbonyl (C=O) groups excluding carboxylic acids is 2. The summed E-state index contributed by atoms with van der Waals surface area (Å²) >= 11 is 5.58. The van der Waals surface area contributed by atoms with Gasteiger partial charge in [0.25, 0.3) is 0 Å². The molecule has 0 fully saturated rings. The number of ketones is 1. The zero-order chi connectivity index (χ0) is 20.3. The number of rotatable bonds is 6. The highest BCUT2D eigenvalue weighted by molar-refractivity contribution is 6.30. The molecule has 146 valence electrons. The number of hydrogen-bond acceptors (Lipinski definition) is 5. The Bertz CT molecular complexity index is 1030. The zero-order valence-electron chi connectivity index (χ0n) is 14.5. The van der Waals surface area contributed by atoms with Gasteiger partial charge in [-0.25, -0.2) is 13.6 Å². The highest BCUT2D eigenvalue weighted by atomic mass is 35.5. The zero-order valence-corrected chi connectivity index (χ0v) is 15.3. The van der Waals surface area contributed by atoms with E-state index in [0.29, 0.717) is 5.76 Å².